The first-order chi connectivity index (χ1) is 17.2. The van der Waals surface area contributed by atoms with Crippen molar-refractivity contribution >= 4 is 40.6 Å². The Kier molecular flexibility index (Phi) is 7.05. The Morgan fingerprint density at radius 1 is 1.03 bits per heavy atom. The van der Waals surface area contributed by atoms with Gasteiger partial charge in [-0.2, -0.15) is 0 Å². The van der Waals surface area contributed by atoms with Gasteiger partial charge in [-0.05, 0) is 63.2 Å². The molecule has 0 aliphatic carbocycles. The van der Waals surface area contributed by atoms with E-state index in [-0.39, 0.29) is 18.4 Å². The fourth-order valence-corrected chi connectivity index (χ4v) is 3.57. The zero-order valence-corrected chi connectivity index (χ0v) is 20.3. The minimum absolute atomic E-state index is 0.266. The van der Waals surface area contributed by atoms with E-state index < -0.39 is 11.7 Å². The van der Waals surface area contributed by atoms with Crippen LogP contribution in [0.4, 0.5) is 10.5 Å². The number of aromatic nitrogens is 1. The molecule has 4 rings (SSSR count). The minimum Gasteiger partial charge on any atom is -0.467 e. The third-order valence-corrected chi connectivity index (χ3v) is 5.14. The van der Waals surface area contributed by atoms with Crippen LogP contribution in [0.15, 0.2) is 83.6 Å². The zero-order valence-electron chi connectivity index (χ0n) is 20.3. The summed E-state index contributed by atoms with van der Waals surface area (Å²) in [6, 6.07) is 17.6. The van der Waals surface area contributed by atoms with Crippen LogP contribution in [-0.4, -0.2) is 28.1 Å². The molecular weight excluding hydrogens is 458 g/mol. The van der Waals surface area contributed by atoms with Gasteiger partial charge in [0, 0.05) is 34.5 Å². The van der Waals surface area contributed by atoms with Crippen molar-refractivity contribution in [3.63, 3.8) is 0 Å². The van der Waals surface area contributed by atoms with Crippen LogP contribution in [-0.2, 0) is 16.1 Å². The second-order valence-electron chi connectivity index (χ2n) is 9.12. The van der Waals surface area contributed by atoms with E-state index >= 15 is 0 Å². The first kappa shape index (κ1) is 24.5. The van der Waals surface area contributed by atoms with Gasteiger partial charge in [0.05, 0.1) is 18.3 Å². The molecule has 2 amide bonds. The van der Waals surface area contributed by atoms with E-state index in [9.17, 15) is 14.4 Å². The molecule has 2 heterocycles. The summed E-state index contributed by atoms with van der Waals surface area (Å²) in [5.74, 6) is -0.0174. The number of fused-ring (bicyclic) bond motifs is 1. The van der Waals surface area contributed by atoms with Crippen LogP contribution in [0.1, 0.15) is 42.5 Å². The van der Waals surface area contributed by atoms with Crippen LogP contribution in [0.3, 0.4) is 0 Å². The molecule has 2 N–H and O–H groups in total. The lowest BCUT2D eigenvalue weighted by molar-refractivity contribution is -0.111. The first-order valence-electron chi connectivity index (χ1n) is 11.4. The lowest BCUT2D eigenvalue weighted by atomic mass is 10.1. The van der Waals surface area contributed by atoms with Crippen molar-refractivity contribution < 1.29 is 23.5 Å². The number of anilines is 1. The van der Waals surface area contributed by atoms with Gasteiger partial charge in [0.25, 0.3) is 5.91 Å². The highest BCUT2D eigenvalue weighted by Gasteiger charge is 2.20. The highest BCUT2D eigenvalue weighted by molar-refractivity contribution is 6.05. The molecule has 0 saturated carbocycles. The number of nitrogens with one attached hydrogen (secondary N) is 2. The molecule has 4 aromatic rings. The van der Waals surface area contributed by atoms with E-state index in [0.29, 0.717) is 28.1 Å². The topological polar surface area (TPSA) is 103 Å². The van der Waals surface area contributed by atoms with E-state index in [4.69, 9.17) is 9.15 Å². The number of benzene rings is 2. The van der Waals surface area contributed by atoms with Gasteiger partial charge in [0.15, 0.2) is 0 Å². The molecule has 0 bridgehead atoms. The van der Waals surface area contributed by atoms with Crippen molar-refractivity contribution in [2.45, 2.75) is 32.9 Å². The number of ether oxygens (including phenoxy) is 1. The normalized spacial score (nSPS) is 11.5. The van der Waals surface area contributed by atoms with Gasteiger partial charge in [0.2, 0.25) is 5.91 Å². The second-order valence-corrected chi connectivity index (χ2v) is 9.12. The molecule has 8 heteroatoms. The van der Waals surface area contributed by atoms with Gasteiger partial charge in [-0.25, -0.2) is 4.79 Å². The Morgan fingerprint density at radius 2 is 1.83 bits per heavy atom. The van der Waals surface area contributed by atoms with Crippen LogP contribution in [0, 0.1) is 0 Å². The monoisotopic (exact) mass is 485 g/mol. The molecule has 8 nitrogen and oxygen atoms in total. The van der Waals surface area contributed by atoms with Crippen LogP contribution >= 0.6 is 0 Å². The quantitative estimate of drug-likeness (QED) is 0.346. The van der Waals surface area contributed by atoms with Crippen molar-refractivity contribution in [2.24, 2.45) is 0 Å². The lowest BCUT2D eigenvalue weighted by Gasteiger charge is -2.19. The number of nitrogens with zero attached hydrogens (tertiary/aromatic N) is 1. The first-order valence-corrected chi connectivity index (χ1v) is 11.4. The summed E-state index contributed by atoms with van der Waals surface area (Å²) >= 11 is 0. The standard InChI is InChI=1S/C28H27N3O5/c1-28(2,3)36-27(34)31-18-20(23-11-4-5-12-24(23)31)13-14-25(32)30-21-9-6-8-19(16-21)26(33)29-17-22-10-7-15-35-22/h4-16,18H,17H2,1-3H3,(H,29,33)(H,30,32)/b14-13+. The van der Waals surface area contributed by atoms with E-state index in [2.05, 4.69) is 10.6 Å². The SMILES string of the molecule is CC(C)(C)OC(=O)n1cc(/C=C/C(=O)Nc2cccc(C(=O)NCc3ccco3)c2)c2ccccc21. The largest absolute Gasteiger partial charge is 0.467 e. The lowest BCUT2D eigenvalue weighted by Crippen LogP contribution is -2.26. The number of amides is 2. The third-order valence-electron chi connectivity index (χ3n) is 5.14. The summed E-state index contributed by atoms with van der Waals surface area (Å²) in [4.78, 5) is 37.7. The smallest absolute Gasteiger partial charge is 0.419 e. The number of rotatable bonds is 6. The van der Waals surface area contributed by atoms with Gasteiger partial charge >= 0.3 is 6.09 Å². The van der Waals surface area contributed by atoms with Crippen LogP contribution in [0.25, 0.3) is 17.0 Å². The number of para-hydroxylation sites is 1. The maximum absolute atomic E-state index is 12.7. The summed E-state index contributed by atoms with van der Waals surface area (Å²) in [6.45, 7) is 5.68. The average Bonchev–Trinajstić information content (AvgIpc) is 3.48. The van der Waals surface area contributed by atoms with Crippen LogP contribution < -0.4 is 10.6 Å². The van der Waals surface area contributed by atoms with Gasteiger partial charge < -0.3 is 19.8 Å². The predicted molar refractivity (Wildman–Crippen MR) is 138 cm³/mol. The Morgan fingerprint density at radius 3 is 2.58 bits per heavy atom. The molecule has 0 unspecified atom stereocenters. The molecule has 184 valence electrons. The van der Waals surface area contributed by atoms with E-state index in [0.717, 1.165) is 5.39 Å². The molecular formula is C28H27N3O5. The number of furan rings is 1. The second kappa shape index (κ2) is 10.4. The Hall–Kier alpha value is -4.59. The van der Waals surface area contributed by atoms with Crippen molar-refractivity contribution in [1.82, 2.24) is 9.88 Å². The summed E-state index contributed by atoms with van der Waals surface area (Å²) in [5, 5.41) is 6.34. The molecule has 36 heavy (non-hydrogen) atoms. The molecule has 0 fully saturated rings. The van der Waals surface area contributed by atoms with Gasteiger partial charge in [-0.3, -0.25) is 14.2 Å². The Bertz CT molecular complexity index is 1430. The molecule has 0 radical (unpaired) electrons. The molecule has 2 aromatic heterocycles. The van der Waals surface area contributed by atoms with Crippen molar-refractivity contribution in [3.05, 3.63) is 96.1 Å². The van der Waals surface area contributed by atoms with Crippen LogP contribution in [0.5, 0.6) is 0 Å². The molecule has 0 saturated heterocycles. The fourth-order valence-electron chi connectivity index (χ4n) is 3.57. The Balaban J connectivity index is 1.45. The molecule has 0 aliphatic rings. The summed E-state index contributed by atoms with van der Waals surface area (Å²) in [6.07, 6.45) is 5.71. The number of hydrogen-bond acceptors (Lipinski definition) is 5. The van der Waals surface area contributed by atoms with Gasteiger partial charge in [-0.1, -0.05) is 24.3 Å². The van der Waals surface area contributed by atoms with Crippen molar-refractivity contribution in [2.75, 3.05) is 5.32 Å². The number of carbonyl (C=O) groups excluding carboxylic acids is 3. The molecule has 0 aliphatic heterocycles. The highest BCUT2D eigenvalue weighted by Crippen LogP contribution is 2.24. The fraction of sp³-hybridized carbons (Fsp3) is 0.179. The highest BCUT2D eigenvalue weighted by atomic mass is 16.6. The third kappa shape index (κ3) is 6.09. The molecule has 2 aromatic carbocycles. The average molecular weight is 486 g/mol. The van der Waals surface area contributed by atoms with Crippen molar-refractivity contribution in [1.29, 1.82) is 0 Å². The molecule has 0 spiro atoms. The summed E-state index contributed by atoms with van der Waals surface area (Å²) < 4.78 is 12.2. The van der Waals surface area contributed by atoms with Gasteiger partial charge in [0.1, 0.15) is 11.4 Å². The minimum atomic E-state index is -0.636. The zero-order chi connectivity index (χ0) is 25.7. The summed E-state index contributed by atoms with van der Waals surface area (Å²) in [5.41, 5.74) is 1.62. The molecule has 0 atom stereocenters. The van der Waals surface area contributed by atoms with Crippen LogP contribution in [0.2, 0.25) is 0 Å². The Labute approximate surface area is 208 Å². The predicted octanol–water partition coefficient (Wildman–Crippen LogP) is 5.60. The summed E-state index contributed by atoms with van der Waals surface area (Å²) in [7, 11) is 0. The van der Waals surface area contributed by atoms with E-state index in [1.165, 1.54) is 10.6 Å². The van der Waals surface area contributed by atoms with E-state index in [1.54, 1.807) is 75.7 Å². The number of hydrogen-bond donors (Lipinski definition) is 2. The number of carbonyl (C=O) groups is 3. The maximum Gasteiger partial charge on any atom is 0.419 e. The van der Waals surface area contributed by atoms with E-state index in [1.807, 2.05) is 24.3 Å². The van der Waals surface area contributed by atoms with Crippen molar-refractivity contribution in [3.8, 4) is 0 Å². The maximum atomic E-state index is 12.7. The van der Waals surface area contributed by atoms with Gasteiger partial charge in [-0.15, -0.1) is 0 Å².